The van der Waals surface area contributed by atoms with Crippen LogP contribution < -0.4 is 5.73 Å². The third-order valence-electron chi connectivity index (χ3n) is 4.26. The molecule has 1 aliphatic carbocycles. The highest BCUT2D eigenvalue weighted by Gasteiger charge is 2.47. The minimum absolute atomic E-state index is 0.0563. The van der Waals surface area contributed by atoms with Crippen LogP contribution in [0.4, 0.5) is 5.82 Å². The third-order valence-corrected chi connectivity index (χ3v) is 4.50. The van der Waals surface area contributed by atoms with Gasteiger partial charge in [0.1, 0.15) is 11.4 Å². The second-order valence-corrected chi connectivity index (χ2v) is 6.14. The maximum absolute atomic E-state index is 10.1. The summed E-state index contributed by atoms with van der Waals surface area (Å²) in [6.07, 6.45) is 2.88. The Morgan fingerprint density at radius 1 is 1.24 bits per heavy atom. The second-order valence-electron chi connectivity index (χ2n) is 5.70. The van der Waals surface area contributed by atoms with Crippen LogP contribution in [0.2, 0.25) is 5.02 Å². The number of fused-ring (bicyclic) bond motifs is 1. The molecular formula is C15H14ClN3O2. The van der Waals surface area contributed by atoms with E-state index in [0.717, 1.165) is 30.4 Å². The fourth-order valence-corrected chi connectivity index (χ4v) is 3.02. The molecule has 1 aromatic heterocycles. The topological polar surface area (TPSA) is 81.3 Å². The molecular weight excluding hydrogens is 290 g/mol. The number of hydrogen-bond acceptors (Lipinski definition) is 5. The molecule has 0 amide bonds. The molecule has 0 atom stereocenters. The lowest BCUT2D eigenvalue weighted by atomic mass is 9.93. The molecule has 3 N–H and O–H groups in total. The molecule has 0 saturated heterocycles. The first-order valence-electron chi connectivity index (χ1n) is 6.85. The largest absolute Gasteiger partial charge is 0.507 e. The van der Waals surface area contributed by atoms with Crippen LogP contribution in [-0.4, -0.2) is 20.9 Å². The third kappa shape index (κ3) is 2.04. The average Bonchev–Trinajstić information content (AvgIpc) is 3.19. The van der Waals surface area contributed by atoms with Crippen LogP contribution in [0.3, 0.4) is 0 Å². The van der Waals surface area contributed by atoms with Crippen LogP contribution in [0.5, 0.6) is 5.75 Å². The minimum atomic E-state index is -0.0563. The van der Waals surface area contributed by atoms with Gasteiger partial charge in [-0.3, -0.25) is 0 Å². The normalized spacial score (nSPS) is 18.5. The zero-order chi connectivity index (χ0) is 14.6. The molecule has 0 unspecified atom stereocenters. The molecule has 1 fully saturated rings. The fraction of sp³-hybridized carbons (Fsp3) is 0.333. The summed E-state index contributed by atoms with van der Waals surface area (Å²) in [6.45, 7) is 0.456. The molecule has 21 heavy (non-hydrogen) atoms. The Labute approximate surface area is 126 Å². The number of phenols is 1. The van der Waals surface area contributed by atoms with Crippen LogP contribution in [0.1, 0.15) is 24.0 Å². The predicted octanol–water partition coefficient (Wildman–Crippen LogP) is 2.69. The highest BCUT2D eigenvalue weighted by molar-refractivity contribution is 6.30. The lowest BCUT2D eigenvalue weighted by Gasteiger charge is -2.27. The monoisotopic (exact) mass is 303 g/mol. The molecule has 1 saturated carbocycles. The van der Waals surface area contributed by atoms with E-state index >= 15 is 0 Å². The SMILES string of the molecule is Nc1nnc(-c2ccc(Cl)cc2O)c2c1COC1(CC1)C2. The Balaban J connectivity index is 1.89. The first kappa shape index (κ1) is 12.9. The number of rotatable bonds is 1. The molecule has 108 valence electrons. The van der Waals surface area contributed by atoms with Crippen LogP contribution >= 0.6 is 11.6 Å². The van der Waals surface area contributed by atoms with Gasteiger partial charge < -0.3 is 15.6 Å². The van der Waals surface area contributed by atoms with Gasteiger partial charge in [0.05, 0.1) is 12.2 Å². The van der Waals surface area contributed by atoms with Crippen LogP contribution in [0, 0.1) is 0 Å². The molecule has 6 heteroatoms. The smallest absolute Gasteiger partial charge is 0.151 e. The summed E-state index contributed by atoms with van der Waals surface area (Å²) in [4.78, 5) is 0. The van der Waals surface area contributed by atoms with Crippen LogP contribution in [0.15, 0.2) is 18.2 Å². The number of benzene rings is 1. The lowest BCUT2D eigenvalue weighted by molar-refractivity contribution is 0.00838. The number of phenolic OH excluding ortho intramolecular Hbond substituents is 1. The Morgan fingerprint density at radius 2 is 2.05 bits per heavy atom. The van der Waals surface area contributed by atoms with E-state index in [1.54, 1.807) is 12.1 Å². The lowest BCUT2D eigenvalue weighted by Crippen LogP contribution is -2.26. The first-order valence-corrected chi connectivity index (χ1v) is 7.23. The van der Waals surface area contributed by atoms with Crippen molar-refractivity contribution in [1.29, 1.82) is 0 Å². The van der Waals surface area contributed by atoms with E-state index < -0.39 is 0 Å². The summed E-state index contributed by atoms with van der Waals surface area (Å²) in [5.74, 6) is 0.498. The van der Waals surface area contributed by atoms with Gasteiger partial charge in [-0.15, -0.1) is 10.2 Å². The summed E-state index contributed by atoms with van der Waals surface area (Å²) in [5.41, 5.74) is 9.07. The zero-order valence-corrected chi connectivity index (χ0v) is 12.0. The molecule has 2 aliphatic rings. The Kier molecular flexibility index (Phi) is 2.65. The molecule has 1 aliphatic heterocycles. The average molecular weight is 304 g/mol. The predicted molar refractivity (Wildman–Crippen MR) is 79.0 cm³/mol. The van der Waals surface area contributed by atoms with Crippen molar-refractivity contribution >= 4 is 17.4 Å². The van der Waals surface area contributed by atoms with Crippen molar-refractivity contribution in [3.8, 4) is 17.0 Å². The molecule has 1 aromatic carbocycles. The van der Waals surface area contributed by atoms with Gasteiger partial charge in [0.15, 0.2) is 5.82 Å². The fourth-order valence-electron chi connectivity index (χ4n) is 2.85. The summed E-state index contributed by atoms with van der Waals surface area (Å²) < 4.78 is 5.89. The zero-order valence-electron chi connectivity index (χ0n) is 11.3. The molecule has 2 aromatic rings. The van der Waals surface area contributed by atoms with Gasteiger partial charge >= 0.3 is 0 Å². The summed E-state index contributed by atoms with van der Waals surface area (Å²) in [7, 11) is 0. The van der Waals surface area contributed by atoms with Gasteiger partial charge in [0.25, 0.3) is 0 Å². The van der Waals surface area contributed by atoms with E-state index in [4.69, 9.17) is 22.1 Å². The number of anilines is 1. The van der Waals surface area contributed by atoms with Crippen molar-refractivity contribution < 1.29 is 9.84 Å². The van der Waals surface area contributed by atoms with Gasteiger partial charge in [0, 0.05) is 22.6 Å². The Bertz CT molecular complexity index is 744. The highest BCUT2D eigenvalue weighted by Crippen LogP contribution is 2.49. The quantitative estimate of drug-likeness (QED) is 0.846. The number of hydrogen-bond donors (Lipinski definition) is 2. The van der Waals surface area contributed by atoms with Crippen molar-refractivity contribution in [1.82, 2.24) is 10.2 Å². The van der Waals surface area contributed by atoms with Crippen LogP contribution in [0.25, 0.3) is 11.3 Å². The second kappa shape index (κ2) is 4.32. The van der Waals surface area contributed by atoms with E-state index in [1.165, 1.54) is 6.07 Å². The molecule has 0 radical (unpaired) electrons. The van der Waals surface area contributed by atoms with Crippen molar-refractivity contribution in [2.75, 3.05) is 5.73 Å². The number of aromatic nitrogens is 2. The number of aromatic hydroxyl groups is 1. The maximum atomic E-state index is 10.1. The van der Waals surface area contributed by atoms with Gasteiger partial charge in [-0.2, -0.15) is 0 Å². The van der Waals surface area contributed by atoms with E-state index in [0.29, 0.717) is 28.7 Å². The highest BCUT2D eigenvalue weighted by atomic mass is 35.5. The van der Waals surface area contributed by atoms with Gasteiger partial charge in [-0.05, 0) is 36.6 Å². The van der Waals surface area contributed by atoms with Crippen LogP contribution in [-0.2, 0) is 17.8 Å². The van der Waals surface area contributed by atoms with Crippen molar-refractivity contribution in [3.05, 3.63) is 34.3 Å². The van der Waals surface area contributed by atoms with Gasteiger partial charge in [-0.25, -0.2) is 0 Å². The minimum Gasteiger partial charge on any atom is -0.507 e. The number of nitrogens with two attached hydrogens (primary N) is 1. The van der Waals surface area contributed by atoms with E-state index in [9.17, 15) is 5.11 Å². The number of halogens is 1. The maximum Gasteiger partial charge on any atom is 0.151 e. The summed E-state index contributed by atoms with van der Waals surface area (Å²) in [6, 6.07) is 4.99. The summed E-state index contributed by atoms with van der Waals surface area (Å²) in [5, 5.41) is 18.8. The Morgan fingerprint density at radius 3 is 2.76 bits per heavy atom. The first-order chi connectivity index (χ1) is 10.1. The standard InChI is InChI=1S/C15H14ClN3O2/c16-8-1-2-9(12(20)5-8)13-10-6-15(3-4-15)21-7-11(10)14(17)19-18-13/h1-2,5,20H,3-4,6-7H2,(H2,17,19). The molecule has 0 bridgehead atoms. The van der Waals surface area contributed by atoms with E-state index in [2.05, 4.69) is 10.2 Å². The van der Waals surface area contributed by atoms with Crippen molar-refractivity contribution in [2.45, 2.75) is 31.5 Å². The number of nitrogen functional groups attached to an aromatic ring is 1. The number of ether oxygens (including phenoxy) is 1. The molecule has 4 rings (SSSR count). The van der Waals surface area contributed by atoms with E-state index in [-0.39, 0.29) is 11.4 Å². The molecule has 1 spiro atoms. The van der Waals surface area contributed by atoms with Gasteiger partial charge in [-0.1, -0.05) is 11.6 Å². The van der Waals surface area contributed by atoms with Crippen molar-refractivity contribution in [2.24, 2.45) is 0 Å². The molecule has 2 heterocycles. The Hall–Kier alpha value is -1.85. The van der Waals surface area contributed by atoms with Gasteiger partial charge in [0.2, 0.25) is 0 Å². The van der Waals surface area contributed by atoms with Crippen molar-refractivity contribution in [3.63, 3.8) is 0 Å². The molecule has 5 nitrogen and oxygen atoms in total. The number of nitrogens with zero attached hydrogens (tertiary/aromatic N) is 2. The van der Waals surface area contributed by atoms with E-state index in [1.807, 2.05) is 0 Å². The summed E-state index contributed by atoms with van der Waals surface area (Å²) >= 11 is 5.89.